The first kappa shape index (κ1) is 13.8. The molecule has 0 radical (unpaired) electrons. The molecule has 0 saturated carbocycles. The fraction of sp³-hybridized carbons (Fsp3) is 0.438. The summed E-state index contributed by atoms with van der Waals surface area (Å²) in [6.07, 6.45) is 5.61. The van der Waals surface area contributed by atoms with E-state index in [-0.39, 0.29) is 0 Å². The van der Waals surface area contributed by atoms with Crippen LogP contribution in [0.2, 0.25) is 0 Å². The Kier molecular flexibility index (Phi) is 3.99. The van der Waals surface area contributed by atoms with Crippen molar-refractivity contribution in [2.75, 3.05) is 25.1 Å². The standard InChI is InChI=1S/C16H20N4O/c1-12-10-15(19-11-18-12)20-8-5-13(6-9-20)16-14(21-2)4-3-7-17-16/h3-4,7,10-11,13H,5-6,8-9H2,1-2H3. The molecule has 3 heterocycles. The maximum atomic E-state index is 5.43. The van der Waals surface area contributed by atoms with E-state index in [0.717, 1.165) is 48.9 Å². The van der Waals surface area contributed by atoms with Crippen LogP contribution in [0.4, 0.5) is 5.82 Å². The maximum Gasteiger partial charge on any atom is 0.140 e. The minimum absolute atomic E-state index is 0.459. The number of ether oxygens (including phenoxy) is 1. The molecule has 1 aliphatic heterocycles. The van der Waals surface area contributed by atoms with E-state index in [1.54, 1.807) is 13.4 Å². The highest BCUT2D eigenvalue weighted by Gasteiger charge is 2.24. The monoisotopic (exact) mass is 284 g/mol. The van der Waals surface area contributed by atoms with Crippen molar-refractivity contribution in [3.05, 3.63) is 42.1 Å². The molecule has 1 aliphatic rings. The largest absolute Gasteiger partial charge is 0.495 e. The Labute approximate surface area is 125 Å². The van der Waals surface area contributed by atoms with Crippen LogP contribution in [0.5, 0.6) is 5.75 Å². The highest BCUT2D eigenvalue weighted by atomic mass is 16.5. The Bertz CT molecular complexity index is 609. The van der Waals surface area contributed by atoms with Crippen molar-refractivity contribution in [1.29, 1.82) is 0 Å². The van der Waals surface area contributed by atoms with Crippen molar-refractivity contribution in [3.8, 4) is 5.75 Å². The van der Waals surface area contributed by atoms with E-state index in [9.17, 15) is 0 Å². The Morgan fingerprint density at radius 3 is 2.71 bits per heavy atom. The van der Waals surface area contributed by atoms with Gasteiger partial charge in [0.2, 0.25) is 0 Å². The molecule has 0 N–H and O–H groups in total. The second kappa shape index (κ2) is 6.08. The molecule has 0 atom stereocenters. The third kappa shape index (κ3) is 2.96. The Hall–Kier alpha value is -2.17. The van der Waals surface area contributed by atoms with Crippen LogP contribution in [0.1, 0.15) is 30.1 Å². The number of rotatable bonds is 3. The predicted molar refractivity (Wildman–Crippen MR) is 81.7 cm³/mol. The van der Waals surface area contributed by atoms with Crippen molar-refractivity contribution < 1.29 is 4.74 Å². The summed E-state index contributed by atoms with van der Waals surface area (Å²) in [7, 11) is 1.71. The van der Waals surface area contributed by atoms with Crippen LogP contribution >= 0.6 is 0 Å². The summed E-state index contributed by atoms with van der Waals surface area (Å²) >= 11 is 0. The highest BCUT2D eigenvalue weighted by Crippen LogP contribution is 2.33. The van der Waals surface area contributed by atoms with Gasteiger partial charge in [-0.25, -0.2) is 9.97 Å². The van der Waals surface area contributed by atoms with E-state index in [4.69, 9.17) is 4.74 Å². The highest BCUT2D eigenvalue weighted by molar-refractivity contribution is 5.40. The van der Waals surface area contributed by atoms with Gasteiger partial charge >= 0.3 is 0 Å². The van der Waals surface area contributed by atoms with Gasteiger partial charge < -0.3 is 9.64 Å². The Morgan fingerprint density at radius 1 is 1.19 bits per heavy atom. The molecular formula is C16H20N4O. The number of piperidine rings is 1. The van der Waals surface area contributed by atoms with Gasteiger partial charge in [-0.3, -0.25) is 4.98 Å². The average molecular weight is 284 g/mol. The Balaban J connectivity index is 1.70. The third-order valence-electron chi connectivity index (χ3n) is 4.01. The van der Waals surface area contributed by atoms with Crippen LogP contribution in [0.25, 0.3) is 0 Å². The number of nitrogens with zero attached hydrogens (tertiary/aromatic N) is 4. The molecule has 110 valence electrons. The Morgan fingerprint density at radius 2 is 2.00 bits per heavy atom. The molecule has 0 bridgehead atoms. The first-order chi connectivity index (χ1) is 10.3. The van der Waals surface area contributed by atoms with Crippen molar-refractivity contribution in [2.45, 2.75) is 25.7 Å². The molecule has 0 aliphatic carbocycles. The molecule has 0 aromatic carbocycles. The van der Waals surface area contributed by atoms with Gasteiger partial charge in [0.25, 0.3) is 0 Å². The van der Waals surface area contributed by atoms with Crippen LogP contribution in [0.3, 0.4) is 0 Å². The summed E-state index contributed by atoms with van der Waals surface area (Å²) in [4.78, 5) is 15.4. The smallest absolute Gasteiger partial charge is 0.140 e. The number of aromatic nitrogens is 3. The first-order valence-electron chi connectivity index (χ1n) is 7.30. The lowest BCUT2D eigenvalue weighted by Gasteiger charge is -2.32. The number of methoxy groups -OCH3 is 1. The van der Waals surface area contributed by atoms with Crippen LogP contribution in [-0.4, -0.2) is 35.2 Å². The lowest BCUT2D eigenvalue weighted by atomic mass is 9.92. The molecule has 5 nitrogen and oxygen atoms in total. The van der Waals surface area contributed by atoms with Crippen molar-refractivity contribution in [3.63, 3.8) is 0 Å². The fourth-order valence-electron chi connectivity index (χ4n) is 2.88. The van der Waals surface area contributed by atoms with Crippen LogP contribution in [0.15, 0.2) is 30.7 Å². The lowest BCUT2D eigenvalue weighted by Crippen LogP contribution is -2.33. The second-order valence-electron chi connectivity index (χ2n) is 5.37. The minimum Gasteiger partial charge on any atom is -0.495 e. The molecule has 3 rings (SSSR count). The summed E-state index contributed by atoms with van der Waals surface area (Å²) in [5.41, 5.74) is 2.09. The van der Waals surface area contributed by atoms with Gasteiger partial charge in [0.15, 0.2) is 0 Å². The summed E-state index contributed by atoms with van der Waals surface area (Å²) in [6.45, 7) is 3.97. The SMILES string of the molecule is COc1cccnc1C1CCN(c2cc(C)ncn2)CC1. The van der Waals surface area contributed by atoms with Crippen molar-refractivity contribution in [2.24, 2.45) is 0 Å². The second-order valence-corrected chi connectivity index (χ2v) is 5.37. The zero-order chi connectivity index (χ0) is 14.7. The minimum atomic E-state index is 0.459. The van der Waals surface area contributed by atoms with E-state index < -0.39 is 0 Å². The average Bonchev–Trinajstić information content (AvgIpc) is 2.55. The quantitative estimate of drug-likeness (QED) is 0.867. The molecule has 1 saturated heterocycles. The predicted octanol–water partition coefficient (Wildman–Crippen LogP) is 2.57. The van der Waals surface area contributed by atoms with Gasteiger partial charge in [-0.05, 0) is 31.9 Å². The van der Waals surface area contributed by atoms with Gasteiger partial charge in [-0.2, -0.15) is 0 Å². The molecule has 5 heteroatoms. The molecule has 0 unspecified atom stereocenters. The van der Waals surface area contributed by atoms with E-state index in [1.165, 1.54) is 0 Å². The van der Waals surface area contributed by atoms with Crippen LogP contribution < -0.4 is 9.64 Å². The van der Waals surface area contributed by atoms with E-state index in [1.807, 2.05) is 31.3 Å². The molecule has 0 spiro atoms. The molecule has 21 heavy (non-hydrogen) atoms. The van der Waals surface area contributed by atoms with Crippen LogP contribution in [0, 0.1) is 6.92 Å². The fourth-order valence-corrected chi connectivity index (χ4v) is 2.88. The normalized spacial score (nSPS) is 16.0. The zero-order valence-electron chi connectivity index (χ0n) is 12.5. The number of aryl methyl sites for hydroxylation is 1. The summed E-state index contributed by atoms with van der Waals surface area (Å²) in [5.74, 6) is 2.38. The molecular weight excluding hydrogens is 264 g/mol. The van der Waals surface area contributed by atoms with Crippen molar-refractivity contribution >= 4 is 5.82 Å². The molecule has 0 amide bonds. The molecule has 2 aromatic heterocycles. The first-order valence-corrected chi connectivity index (χ1v) is 7.30. The van der Waals surface area contributed by atoms with E-state index in [0.29, 0.717) is 5.92 Å². The zero-order valence-corrected chi connectivity index (χ0v) is 12.5. The van der Waals surface area contributed by atoms with E-state index >= 15 is 0 Å². The number of pyridine rings is 1. The van der Waals surface area contributed by atoms with Gasteiger partial charge in [0.1, 0.15) is 17.9 Å². The van der Waals surface area contributed by atoms with Crippen molar-refractivity contribution in [1.82, 2.24) is 15.0 Å². The number of hydrogen-bond acceptors (Lipinski definition) is 5. The van der Waals surface area contributed by atoms with Gasteiger partial charge in [0, 0.05) is 37.0 Å². The van der Waals surface area contributed by atoms with E-state index in [2.05, 4.69) is 19.9 Å². The molecule has 1 fully saturated rings. The maximum absolute atomic E-state index is 5.43. The summed E-state index contributed by atoms with van der Waals surface area (Å²) in [5, 5.41) is 0. The number of anilines is 1. The van der Waals surface area contributed by atoms with Gasteiger partial charge in [-0.1, -0.05) is 0 Å². The lowest BCUT2D eigenvalue weighted by molar-refractivity contribution is 0.392. The van der Waals surface area contributed by atoms with Crippen LogP contribution in [-0.2, 0) is 0 Å². The third-order valence-corrected chi connectivity index (χ3v) is 4.01. The molecule has 2 aromatic rings. The van der Waals surface area contributed by atoms with Gasteiger partial charge in [-0.15, -0.1) is 0 Å². The summed E-state index contributed by atoms with van der Waals surface area (Å²) < 4.78 is 5.43. The van der Waals surface area contributed by atoms with Gasteiger partial charge in [0.05, 0.1) is 12.8 Å². The topological polar surface area (TPSA) is 51.1 Å². The number of hydrogen-bond donors (Lipinski definition) is 0. The summed E-state index contributed by atoms with van der Waals surface area (Å²) in [6, 6.07) is 5.95.